The Labute approximate surface area is 292 Å². The molecule has 0 bridgehead atoms. The molecule has 2 fully saturated rings. The number of aliphatic imine (C=N–C) groups is 1. The lowest BCUT2D eigenvalue weighted by atomic mass is 9.99. The highest BCUT2D eigenvalue weighted by molar-refractivity contribution is 7.15. The monoisotopic (exact) mass is 674 g/mol. The third-order valence-electron chi connectivity index (χ3n) is 8.12. The van der Waals surface area contributed by atoms with Crippen LogP contribution >= 0.6 is 9.24 Å². The molecule has 0 aromatic heterocycles. The smallest absolute Gasteiger partial charge is 0.222 e. The van der Waals surface area contributed by atoms with Crippen molar-refractivity contribution in [2.24, 2.45) is 16.8 Å². The normalized spacial score (nSPS) is 21.3. The van der Waals surface area contributed by atoms with Gasteiger partial charge in [0.25, 0.3) is 0 Å². The number of hydrogen-bond donors (Lipinski definition) is 1. The molecule has 0 saturated heterocycles. The first-order valence-corrected chi connectivity index (χ1v) is 19.3. The summed E-state index contributed by atoms with van der Waals surface area (Å²) in [6, 6.07) is 11.1. The molecule has 1 aromatic carbocycles. The fourth-order valence-corrected chi connectivity index (χ4v) is 5.86. The van der Waals surface area contributed by atoms with E-state index in [0.29, 0.717) is 23.9 Å². The van der Waals surface area contributed by atoms with Crippen LogP contribution in [0.4, 0.5) is 0 Å². The van der Waals surface area contributed by atoms with E-state index in [4.69, 9.17) is 9.53 Å². The Bertz CT molecular complexity index is 1010. The van der Waals surface area contributed by atoms with Gasteiger partial charge < -0.3 is 19.7 Å². The van der Waals surface area contributed by atoms with Crippen molar-refractivity contribution < 1.29 is 14.3 Å². The lowest BCUT2D eigenvalue weighted by molar-refractivity contribution is -0.117. The number of ether oxygens (including phenoxy) is 1. The van der Waals surface area contributed by atoms with Crippen molar-refractivity contribution in [3.8, 4) is 0 Å². The maximum absolute atomic E-state index is 11.5. The maximum atomic E-state index is 11.5. The van der Waals surface area contributed by atoms with E-state index in [9.17, 15) is 4.79 Å². The van der Waals surface area contributed by atoms with Crippen LogP contribution in [0.2, 0.25) is 0 Å². The van der Waals surface area contributed by atoms with Crippen LogP contribution in [0.1, 0.15) is 139 Å². The number of carbonyl (C=O) groups excluding carboxylic acids is 2. The number of nitrogens with zero attached hydrogens (tertiary/aromatic N) is 2. The van der Waals surface area contributed by atoms with E-state index in [1.807, 2.05) is 12.7 Å². The standard InChI is InChI=1S/C22H35N3O2.C9H12.2C3H8.C2H4O.CH5P/c1-5-23-22(24-17(4)26)21-11-12-25(16(21)3)19-9-10-20(13-19)27-14-18-8-6-7-15(18)2;1-8(2)9-6-4-3-5-7-9;2*1-3-2;1-2-3;1-2/h5,15,18-20H,1,6-14H2,2-4H3,(H,23,24,26);3-8H,1-2H3;2*3H2,1-2H3;2H,1H3;2H2,1H3. The molecule has 47 heavy (non-hydrogen) atoms. The number of carbonyl (C=O) groups is 2. The van der Waals surface area contributed by atoms with E-state index in [2.05, 4.69) is 111 Å². The molecule has 5 unspecified atom stereocenters. The minimum Gasteiger partial charge on any atom is -0.378 e. The zero-order valence-corrected chi connectivity index (χ0v) is 33.3. The van der Waals surface area contributed by atoms with Crippen LogP contribution in [0.5, 0.6) is 0 Å². The van der Waals surface area contributed by atoms with Crippen molar-refractivity contribution in [3.63, 3.8) is 0 Å². The van der Waals surface area contributed by atoms with Gasteiger partial charge in [0, 0.05) is 37.0 Å². The molecule has 1 N–H and O–H groups in total. The highest BCUT2D eigenvalue weighted by Gasteiger charge is 2.35. The van der Waals surface area contributed by atoms with E-state index < -0.39 is 0 Å². The molecule has 1 aliphatic heterocycles. The maximum Gasteiger partial charge on any atom is 0.222 e. The number of rotatable bonds is 7. The predicted octanol–water partition coefficient (Wildman–Crippen LogP) is 10.4. The Morgan fingerprint density at radius 1 is 1.09 bits per heavy atom. The molecular weight excluding hydrogens is 601 g/mol. The number of amidine groups is 1. The number of aldehydes is 1. The molecular formula is C40H72N3O3P. The van der Waals surface area contributed by atoms with Crippen LogP contribution in [0.25, 0.3) is 0 Å². The third-order valence-corrected chi connectivity index (χ3v) is 8.12. The molecule has 1 aromatic rings. The molecule has 2 aliphatic carbocycles. The average molecular weight is 674 g/mol. The van der Waals surface area contributed by atoms with E-state index in [1.54, 1.807) is 0 Å². The van der Waals surface area contributed by atoms with Gasteiger partial charge in [0.2, 0.25) is 5.91 Å². The summed E-state index contributed by atoms with van der Waals surface area (Å²) in [5.41, 5.74) is 3.78. The van der Waals surface area contributed by atoms with Gasteiger partial charge in [-0.05, 0) is 69.3 Å². The van der Waals surface area contributed by atoms with Crippen LogP contribution in [0.3, 0.4) is 0 Å². The van der Waals surface area contributed by atoms with E-state index in [-0.39, 0.29) is 5.91 Å². The molecule has 2 saturated carbocycles. The van der Waals surface area contributed by atoms with Crippen molar-refractivity contribution in [2.75, 3.05) is 19.8 Å². The molecule has 4 rings (SSSR count). The summed E-state index contributed by atoms with van der Waals surface area (Å²) < 4.78 is 6.31. The number of hydrogen-bond acceptors (Lipinski definition) is 5. The zero-order valence-electron chi connectivity index (χ0n) is 32.1. The zero-order chi connectivity index (χ0) is 36.2. The number of benzene rings is 1. The summed E-state index contributed by atoms with van der Waals surface area (Å²) in [5.74, 6) is 2.80. The second-order valence-corrected chi connectivity index (χ2v) is 12.7. The molecule has 0 radical (unpaired) electrons. The van der Waals surface area contributed by atoms with E-state index >= 15 is 0 Å². The van der Waals surface area contributed by atoms with Gasteiger partial charge in [-0.3, -0.25) is 4.79 Å². The molecule has 7 heteroatoms. The SMILES string of the molecule is C=CN=C(NC(C)=O)C1=C(C)N(C2CCC(OCC3CCCC3C)C2)CC1.CC(C)c1ccccc1.CC=O.CCC.CCC.CP. The first-order chi connectivity index (χ1) is 22.5. The predicted molar refractivity (Wildman–Crippen MR) is 209 cm³/mol. The number of nitrogens with one attached hydrogen (secondary N) is 1. The first kappa shape index (κ1) is 46.8. The molecule has 5 atom stereocenters. The van der Waals surface area contributed by atoms with E-state index in [0.717, 1.165) is 56.1 Å². The number of allylic oxidation sites excluding steroid dienone is 1. The topological polar surface area (TPSA) is 71.0 Å². The van der Waals surface area contributed by atoms with Gasteiger partial charge in [-0.25, -0.2) is 4.99 Å². The minimum atomic E-state index is -0.0928. The van der Waals surface area contributed by atoms with Crippen LogP contribution in [0.15, 0.2) is 59.4 Å². The van der Waals surface area contributed by atoms with Crippen molar-refractivity contribution in [1.29, 1.82) is 0 Å². The quantitative estimate of drug-likeness (QED) is 0.135. The molecule has 270 valence electrons. The fourth-order valence-electron chi connectivity index (χ4n) is 5.86. The van der Waals surface area contributed by atoms with Crippen LogP contribution in [-0.4, -0.2) is 54.9 Å². The van der Waals surface area contributed by atoms with Crippen molar-refractivity contribution in [1.82, 2.24) is 10.2 Å². The fraction of sp³-hybridized carbons (Fsp3) is 0.675. The summed E-state index contributed by atoms with van der Waals surface area (Å²) in [4.78, 5) is 27.1. The lowest BCUT2D eigenvalue weighted by Gasteiger charge is -2.28. The summed E-state index contributed by atoms with van der Waals surface area (Å²) in [6.45, 7) is 27.9. The van der Waals surface area contributed by atoms with Gasteiger partial charge in [-0.1, -0.05) is 118 Å². The van der Waals surface area contributed by atoms with Crippen LogP contribution in [0, 0.1) is 11.8 Å². The molecule has 0 spiro atoms. The third kappa shape index (κ3) is 20.0. The number of amides is 1. The molecule has 1 amide bonds. The largest absolute Gasteiger partial charge is 0.378 e. The summed E-state index contributed by atoms with van der Waals surface area (Å²) in [6.07, 6.45) is 13.6. The highest BCUT2D eigenvalue weighted by Crippen LogP contribution is 2.36. The molecule has 3 aliphatic rings. The van der Waals surface area contributed by atoms with Gasteiger partial charge >= 0.3 is 0 Å². The van der Waals surface area contributed by atoms with Crippen LogP contribution < -0.4 is 5.32 Å². The van der Waals surface area contributed by atoms with Gasteiger partial charge in [-0.15, -0.1) is 9.24 Å². The minimum absolute atomic E-state index is 0.0928. The summed E-state index contributed by atoms with van der Waals surface area (Å²) in [5, 5.41) is 2.86. The Kier molecular flexibility index (Phi) is 29.7. The Morgan fingerprint density at radius 3 is 2.11 bits per heavy atom. The second kappa shape index (κ2) is 29.8. The molecule has 1 heterocycles. The van der Waals surface area contributed by atoms with Gasteiger partial charge in [0.15, 0.2) is 0 Å². The van der Waals surface area contributed by atoms with Crippen molar-refractivity contribution in [3.05, 3.63) is 59.9 Å². The Balaban J connectivity index is 0. The van der Waals surface area contributed by atoms with Gasteiger partial charge in [-0.2, -0.15) is 0 Å². The average Bonchev–Trinajstić information content (AvgIpc) is 3.78. The summed E-state index contributed by atoms with van der Waals surface area (Å²) >= 11 is 0. The van der Waals surface area contributed by atoms with Crippen molar-refractivity contribution in [2.45, 2.75) is 145 Å². The lowest BCUT2D eigenvalue weighted by Crippen LogP contribution is -2.31. The first-order valence-electron chi connectivity index (χ1n) is 18.1. The van der Waals surface area contributed by atoms with Crippen LogP contribution in [-0.2, 0) is 14.3 Å². The van der Waals surface area contributed by atoms with Gasteiger partial charge in [0.05, 0.1) is 12.7 Å². The second-order valence-electron chi connectivity index (χ2n) is 12.7. The summed E-state index contributed by atoms with van der Waals surface area (Å²) in [7, 11) is 2.42. The van der Waals surface area contributed by atoms with Crippen molar-refractivity contribution >= 4 is 27.3 Å². The van der Waals surface area contributed by atoms with E-state index in [1.165, 1.54) is 69.8 Å². The Hall–Kier alpha value is -2.30. The van der Waals surface area contributed by atoms with Gasteiger partial charge in [0.1, 0.15) is 12.1 Å². The molecule has 6 nitrogen and oxygen atoms in total. The Morgan fingerprint density at radius 2 is 1.66 bits per heavy atom. The highest BCUT2D eigenvalue weighted by atomic mass is 31.0.